The number of aliphatic hydroxyl groups is 1. The zero-order valence-corrected chi connectivity index (χ0v) is 10.8. The number of hydrogen-bond donors (Lipinski definition) is 2. The molecule has 0 spiro atoms. The van der Waals surface area contributed by atoms with Crippen molar-refractivity contribution in [3.63, 3.8) is 0 Å². The summed E-state index contributed by atoms with van der Waals surface area (Å²) in [6, 6.07) is 2.46. The summed E-state index contributed by atoms with van der Waals surface area (Å²) in [5.74, 6) is -0.119. The van der Waals surface area contributed by atoms with Crippen LogP contribution in [0.5, 0.6) is 0 Å². The maximum atomic E-state index is 13.3. The minimum atomic E-state index is -0.470. The number of carbonyl (C=O) groups excluding carboxylic acids is 1. The van der Waals surface area contributed by atoms with Gasteiger partial charge in [-0.1, -0.05) is 0 Å². The molecule has 19 heavy (non-hydrogen) atoms. The van der Waals surface area contributed by atoms with E-state index in [1.54, 1.807) is 7.05 Å². The van der Waals surface area contributed by atoms with Crippen LogP contribution in [0, 0.1) is 11.7 Å². The second-order valence-corrected chi connectivity index (χ2v) is 4.88. The average molecular weight is 267 g/mol. The van der Waals surface area contributed by atoms with Crippen molar-refractivity contribution in [1.29, 1.82) is 0 Å². The van der Waals surface area contributed by atoms with Crippen LogP contribution in [0.3, 0.4) is 0 Å². The fraction of sp³-hybridized carbons (Fsp3) is 0.538. The highest BCUT2D eigenvalue weighted by molar-refractivity contribution is 5.73. The van der Waals surface area contributed by atoms with Crippen molar-refractivity contribution >= 4 is 6.03 Å². The number of hydrogen-bond acceptors (Lipinski definition) is 3. The molecule has 0 bridgehead atoms. The number of carbonyl (C=O) groups is 1. The van der Waals surface area contributed by atoms with Gasteiger partial charge in [0.05, 0.1) is 18.3 Å². The molecule has 0 aliphatic heterocycles. The smallest absolute Gasteiger partial charge is 0.317 e. The van der Waals surface area contributed by atoms with Crippen molar-refractivity contribution in [3.8, 4) is 0 Å². The Morgan fingerprint density at radius 3 is 3.05 bits per heavy atom. The number of nitrogens with zero attached hydrogens (tertiary/aromatic N) is 2. The molecule has 2 N–H and O–H groups in total. The van der Waals surface area contributed by atoms with Crippen molar-refractivity contribution in [1.82, 2.24) is 15.2 Å². The summed E-state index contributed by atoms with van der Waals surface area (Å²) >= 11 is 0. The van der Waals surface area contributed by atoms with Gasteiger partial charge in [0.25, 0.3) is 0 Å². The first-order valence-corrected chi connectivity index (χ1v) is 6.34. The second kappa shape index (κ2) is 5.97. The normalized spacial score (nSPS) is 15.9. The largest absolute Gasteiger partial charge is 0.391 e. The maximum absolute atomic E-state index is 13.3. The molecule has 2 rings (SSSR count). The van der Waals surface area contributed by atoms with Crippen LogP contribution in [0.2, 0.25) is 0 Å². The molecule has 1 heterocycles. The summed E-state index contributed by atoms with van der Waals surface area (Å²) in [5, 5.41) is 12.3. The molecule has 0 radical (unpaired) electrons. The summed E-state index contributed by atoms with van der Waals surface area (Å²) < 4.78 is 13.3. The Balaban J connectivity index is 1.78. The molecule has 6 heteroatoms. The van der Waals surface area contributed by atoms with Gasteiger partial charge in [-0.2, -0.15) is 0 Å². The number of aliphatic hydroxyl groups excluding tert-OH is 1. The molecule has 1 aliphatic carbocycles. The van der Waals surface area contributed by atoms with Gasteiger partial charge in [0.2, 0.25) is 0 Å². The Bertz CT molecular complexity index is 451. The van der Waals surface area contributed by atoms with Crippen molar-refractivity contribution in [3.05, 3.63) is 29.8 Å². The summed E-state index contributed by atoms with van der Waals surface area (Å²) in [6.45, 7) is 0.330. The Morgan fingerprint density at radius 2 is 2.42 bits per heavy atom. The highest BCUT2D eigenvalue weighted by Gasteiger charge is 2.31. The van der Waals surface area contributed by atoms with E-state index in [2.05, 4.69) is 10.3 Å². The lowest BCUT2D eigenvalue weighted by Crippen LogP contribution is -2.41. The van der Waals surface area contributed by atoms with E-state index in [1.807, 2.05) is 0 Å². The van der Waals surface area contributed by atoms with Gasteiger partial charge >= 0.3 is 6.03 Å². The standard InChI is InChI=1S/C13H18FN3O2/c1-17(8-12(18)9-4-5-9)13(19)16-7-11-10(14)3-2-6-15-11/h2-3,6,9,12,18H,4-5,7-8H2,1H3,(H,16,19). The average Bonchev–Trinajstić information content (AvgIpc) is 3.21. The predicted molar refractivity (Wildman–Crippen MR) is 67.8 cm³/mol. The van der Waals surface area contributed by atoms with Crippen LogP contribution in [0.4, 0.5) is 9.18 Å². The molecule has 1 aromatic rings. The van der Waals surface area contributed by atoms with Gasteiger partial charge in [-0.3, -0.25) is 4.98 Å². The van der Waals surface area contributed by atoms with Gasteiger partial charge < -0.3 is 15.3 Å². The number of pyridine rings is 1. The number of urea groups is 1. The summed E-state index contributed by atoms with van der Waals surface area (Å²) in [5.41, 5.74) is 0.201. The number of nitrogens with one attached hydrogen (secondary N) is 1. The molecule has 5 nitrogen and oxygen atoms in total. The lowest BCUT2D eigenvalue weighted by Gasteiger charge is -2.21. The fourth-order valence-electron chi connectivity index (χ4n) is 1.84. The van der Waals surface area contributed by atoms with E-state index < -0.39 is 11.9 Å². The quantitative estimate of drug-likeness (QED) is 0.840. The molecular formula is C13H18FN3O2. The lowest BCUT2D eigenvalue weighted by atomic mass is 10.2. The zero-order valence-electron chi connectivity index (χ0n) is 10.8. The van der Waals surface area contributed by atoms with Crippen LogP contribution in [-0.4, -0.2) is 40.7 Å². The van der Waals surface area contributed by atoms with Crippen molar-refractivity contribution in [2.75, 3.05) is 13.6 Å². The minimum Gasteiger partial charge on any atom is -0.391 e. The zero-order chi connectivity index (χ0) is 13.8. The Labute approximate surface area is 111 Å². The van der Waals surface area contributed by atoms with Crippen LogP contribution in [0.25, 0.3) is 0 Å². The number of likely N-dealkylation sites (N-methyl/N-ethyl adjacent to an activating group) is 1. The van der Waals surface area contributed by atoms with Crippen LogP contribution < -0.4 is 5.32 Å². The predicted octanol–water partition coefficient (Wildman–Crippen LogP) is 1.13. The monoisotopic (exact) mass is 267 g/mol. The molecule has 2 amide bonds. The van der Waals surface area contributed by atoms with Gasteiger partial charge in [0, 0.05) is 19.8 Å². The van der Waals surface area contributed by atoms with Crippen LogP contribution in [-0.2, 0) is 6.54 Å². The second-order valence-electron chi connectivity index (χ2n) is 4.88. The highest BCUT2D eigenvalue weighted by Crippen LogP contribution is 2.32. The van der Waals surface area contributed by atoms with Crippen LogP contribution >= 0.6 is 0 Å². The third-order valence-corrected chi connectivity index (χ3v) is 3.22. The first kappa shape index (κ1) is 13.7. The third kappa shape index (κ3) is 3.89. The van der Waals surface area contributed by atoms with Crippen LogP contribution in [0.1, 0.15) is 18.5 Å². The number of aromatic nitrogens is 1. The summed E-state index contributed by atoms with van der Waals surface area (Å²) in [7, 11) is 1.61. The van der Waals surface area contributed by atoms with Gasteiger partial charge in [0.1, 0.15) is 5.82 Å². The maximum Gasteiger partial charge on any atom is 0.317 e. The SMILES string of the molecule is CN(CC(O)C1CC1)C(=O)NCc1ncccc1F. The molecule has 1 atom stereocenters. The number of halogens is 1. The number of amides is 2. The Kier molecular flexibility index (Phi) is 4.31. The van der Waals surface area contributed by atoms with Crippen molar-refractivity contribution in [2.45, 2.75) is 25.5 Å². The molecule has 0 saturated heterocycles. The molecule has 1 aliphatic rings. The van der Waals surface area contributed by atoms with Gasteiger partial charge in [-0.25, -0.2) is 9.18 Å². The third-order valence-electron chi connectivity index (χ3n) is 3.22. The molecule has 104 valence electrons. The minimum absolute atomic E-state index is 0.0371. The molecular weight excluding hydrogens is 249 g/mol. The van der Waals surface area contributed by atoms with E-state index in [9.17, 15) is 14.3 Å². The molecule has 1 aromatic heterocycles. The van der Waals surface area contributed by atoms with E-state index in [4.69, 9.17) is 0 Å². The summed E-state index contributed by atoms with van der Waals surface area (Å²) in [4.78, 5) is 17.0. The number of rotatable bonds is 5. The highest BCUT2D eigenvalue weighted by atomic mass is 19.1. The molecule has 1 saturated carbocycles. The van der Waals surface area contributed by atoms with Crippen molar-refractivity contribution < 1.29 is 14.3 Å². The van der Waals surface area contributed by atoms with Gasteiger partial charge in [-0.05, 0) is 30.9 Å². The van der Waals surface area contributed by atoms with E-state index in [0.717, 1.165) is 12.8 Å². The molecule has 0 aromatic carbocycles. The van der Waals surface area contributed by atoms with Gasteiger partial charge in [0.15, 0.2) is 0 Å². The summed E-state index contributed by atoms with van der Waals surface area (Å²) in [6.07, 6.45) is 3.05. The first-order valence-electron chi connectivity index (χ1n) is 6.34. The molecule has 1 fully saturated rings. The van der Waals surface area contributed by atoms with Gasteiger partial charge in [-0.15, -0.1) is 0 Å². The lowest BCUT2D eigenvalue weighted by molar-refractivity contribution is 0.113. The Hall–Kier alpha value is -1.69. The topological polar surface area (TPSA) is 65.5 Å². The fourth-order valence-corrected chi connectivity index (χ4v) is 1.84. The van der Waals surface area contributed by atoms with Crippen LogP contribution in [0.15, 0.2) is 18.3 Å². The molecule has 1 unspecified atom stereocenters. The van der Waals surface area contributed by atoms with Crippen molar-refractivity contribution in [2.24, 2.45) is 5.92 Å². The van der Waals surface area contributed by atoms with E-state index in [0.29, 0.717) is 12.5 Å². The van der Waals surface area contributed by atoms with E-state index >= 15 is 0 Å². The Morgan fingerprint density at radius 1 is 1.68 bits per heavy atom. The first-order chi connectivity index (χ1) is 9.08. The van der Waals surface area contributed by atoms with E-state index in [-0.39, 0.29) is 18.3 Å². The van der Waals surface area contributed by atoms with E-state index in [1.165, 1.54) is 23.2 Å².